The van der Waals surface area contributed by atoms with Gasteiger partial charge < -0.3 is 4.74 Å². The number of thiazole rings is 1. The van der Waals surface area contributed by atoms with Crippen molar-refractivity contribution in [2.45, 2.75) is 26.2 Å². The lowest BCUT2D eigenvalue weighted by molar-refractivity contribution is 0.0526. The summed E-state index contributed by atoms with van der Waals surface area (Å²) in [5.74, 6) is 5.05. The topological polar surface area (TPSA) is 68.4 Å². The maximum Gasteiger partial charge on any atom is 0.367 e. The molecule has 2 N–H and O–H groups in total. The zero-order valence-corrected chi connectivity index (χ0v) is 19.6. The molecule has 0 bridgehead atoms. The van der Waals surface area contributed by atoms with E-state index in [9.17, 15) is 4.79 Å². The molecule has 8 heteroatoms. The summed E-state index contributed by atoms with van der Waals surface area (Å²) in [6.45, 7) is 4.27. The Balaban J connectivity index is 0.000000330. The van der Waals surface area contributed by atoms with E-state index in [1.165, 1.54) is 30.6 Å². The second-order valence-corrected chi connectivity index (χ2v) is 8.90. The Kier molecular flexibility index (Phi) is 8.87. The predicted octanol–water partition coefficient (Wildman–Crippen LogP) is 6.31. The van der Waals surface area contributed by atoms with Crippen LogP contribution >= 0.6 is 34.5 Å². The van der Waals surface area contributed by atoms with Gasteiger partial charge in [-0.1, -0.05) is 53.9 Å². The summed E-state index contributed by atoms with van der Waals surface area (Å²) in [5.41, 5.74) is 2.55. The van der Waals surface area contributed by atoms with E-state index in [2.05, 4.69) is 4.98 Å². The van der Waals surface area contributed by atoms with Crippen LogP contribution in [0.25, 0.3) is 21.7 Å². The number of carbonyl (C=O) groups is 1. The number of nitrogens with two attached hydrogens (primary N) is 1. The molecule has 0 radical (unpaired) electrons. The van der Waals surface area contributed by atoms with Gasteiger partial charge >= 0.3 is 5.97 Å². The van der Waals surface area contributed by atoms with Crippen molar-refractivity contribution in [3.05, 3.63) is 63.6 Å². The second kappa shape index (κ2) is 11.6. The molecule has 0 saturated carbocycles. The molecule has 1 saturated heterocycles. The molecule has 3 aromatic rings. The predicted molar refractivity (Wildman–Crippen MR) is 129 cm³/mol. The van der Waals surface area contributed by atoms with Gasteiger partial charge in [-0.2, -0.15) is 0 Å². The van der Waals surface area contributed by atoms with Crippen LogP contribution in [0.4, 0.5) is 0 Å². The number of hydrazine groups is 1. The quantitative estimate of drug-likeness (QED) is 0.352. The van der Waals surface area contributed by atoms with E-state index >= 15 is 0 Å². The summed E-state index contributed by atoms with van der Waals surface area (Å²) in [5, 5.41) is 3.52. The van der Waals surface area contributed by atoms with E-state index in [1.54, 1.807) is 19.1 Å². The number of carbonyl (C=O) groups excluding carboxylic acids is 1. The summed E-state index contributed by atoms with van der Waals surface area (Å²) < 4.78 is 5.07. The third-order valence-electron chi connectivity index (χ3n) is 4.69. The van der Waals surface area contributed by atoms with Gasteiger partial charge in [0.25, 0.3) is 0 Å². The number of halogens is 2. The molecule has 1 fully saturated rings. The van der Waals surface area contributed by atoms with Crippen molar-refractivity contribution < 1.29 is 9.53 Å². The number of esters is 1. The van der Waals surface area contributed by atoms with Crippen molar-refractivity contribution in [3.63, 3.8) is 0 Å². The fourth-order valence-corrected chi connectivity index (χ4v) is 4.36. The largest absolute Gasteiger partial charge is 0.461 e. The van der Waals surface area contributed by atoms with Crippen LogP contribution in [0.15, 0.2) is 48.5 Å². The normalized spacial score (nSPS) is 13.9. The van der Waals surface area contributed by atoms with E-state index in [-0.39, 0.29) is 0 Å². The summed E-state index contributed by atoms with van der Waals surface area (Å²) in [7, 11) is 0. The zero-order valence-electron chi connectivity index (χ0n) is 17.3. The number of hydrogen-bond donors (Lipinski definition) is 1. The minimum Gasteiger partial charge on any atom is -0.461 e. The average Bonchev–Trinajstić information content (AvgIpc) is 3.22. The Bertz CT molecular complexity index is 922. The molecule has 0 atom stereocenters. The number of benzene rings is 2. The van der Waals surface area contributed by atoms with Gasteiger partial charge in [0.2, 0.25) is 5.01 Å². The summed E-state index contributed by atoms with van der Waals surface area (Å²) in [6, 6.07) is 14.8. The van der Waals surface area contributed by atoms with Crippen LogP contribution in [0.1, 0.15) is 36.0 Å². The molecular weight excluding hydrogens is 453 g/mol. The van der Waals surface area contributed by atoms with Crippen LogP contribution < -0.4 is 5.84 Å². The fourth-order valence-electron chi connectivity index (χ4n) is 3.12. The van der Waals surface area contributed by atoms with Crippen molar-refractivity contribution in [3.8, 4) is 21.7 Å². The van der Waals surface area contributed by atoms with Gasteiger partial charge in [-0.05, 0) is 49.6 Å². The highest BCUT2D eigenvalue weighted by Gasteiger charge is 2.20. The summed E-state index contributed by atoms with van der Waals surface area (Å²) in [4.78, 5) is 17.4. The van der Waals surface area contributed by atoms with Crippen LogP contribution in [0.5, 0.6) is 0 Å². The lowest BCUT2D eigenvalue weighted by Crippen LogP contribution is -2.35. The highest BCUT2D eigenvalue weighted by atomic mass is 35.5. The Morgan fingerprint density at radius 2 is 1.55 bits per heavy atom. The van der Waals surface area contributed by atoms with Gasteiger partial charge in [0, 0.05) is 28.7 Å². The molecule has 0 unspecified atom stereocenters. The first-order valence-corrected chi connectivity index (χ1v) is 11.7. The van der Waals surface area contributed by atoms with Crippen molar-refractivity contribution in [2.75, 3.05) is 19.7 Å². The smallest absolute Gasteiger partial charge is 0.367 e. The lowest BCUT2D eigenvalue weighted by atomic mass is 10.1. The number of hydrogen-bond acceptors (Lipinski definition) is 6. The van der Waals surface area contributed by atoms with Crippen LogP contribution in [-0.2, 0) is 4.74 Å². The first-order chi connectivity index (χ1) is 15.0. The standard InChI is InChI=1S/C18H13Cl2NO2S.C5H12N2/c1-2-23-18(22)17-21-15(11-3-7-13(19)8-4-11)16(24-17)12-5-9-14(20)10-6-12;6-7-4-2-1-3-5-7/h3-10H,2H2,1H3;1-6H2. The minimum absolute atomic E-state index is 0.310. The molecule has 1 aliphatic heterocycles. The van der Waals surface area contributed by atoms with E-state index < -0.39 is 5.97 Å². The third-order valence-corrected chi connectivity index (χ3v) is 6.28. The number of rotatable bonds is 4. The highest BCUT2D eigenvalue weighted by Crippen LogP contribution is 2.37. The molecule has 0 aliphatic carbocycles. The van der Waals surface area contributed by atoms with E-state index in [0.29, 0.717) is 21.7 Å². The molecule has 2 aromatic carbocycles. The van der Waals surface area contributed by atoms with Gasteiger partial charge in [-0.3, -0.25) is 5.84 Å². The third kappa shape index (κ3) is 6.76. The monoisotopic (exact) mass is 477 g/mol. The SMILES string of the molecule is CCOC(=O)c1nc(-c2ccc(Cl)cc2)c(-c2ccc(Cl)cc2)s1.NN1CCCCC1. The summed E-state index contributed by atoms with van der Waals surface area (Å²) >= 11 is 13.2. The molecule has 1 aliphatic rings. The first-order valence-electron chi connectivity index (χ1n) is 10.2. The van der Waals surface area contributed by atoms with E-state index in [4.69, 9.17) is 33.8 Å². The Labute approximate surface area is 196 Å². The molecular formula is C23H25Cl2N3O2S. The average molecular weight is 478 g/mol. The molecule has 0 amide bonds. The molecule has 1 aromatic heterocycles. The van der Waals surface area contributed by atoms with Crippen LogP contribution in [0.2, 0.25) is 10.0 Å². The molecule has 164 valence electrons. The van der Waals surface area contributed by atoms with Crippen molar-refractivity contribution in [1.82, 2.24) is 9.99 Å². The number of nitrogens with zero attached hydrogens (tertiary/aromatic N) is 2. The molecule has 0 spiro atoms. The first kappa shape index (κ1) is 23.7. The Morgan fingerprint density at radius 3 is 2.03 bits per heavy atom. The van der Waals surface area contributed by atoms with Gasteiger partial charge in [-0.25, -0.2) is 14.8 Å². The number of piperidine rings is 1. The fraction of sp³-hybridized carbons (Fsp3) is 0.304. The Morgan fingerprint density at radius 1 is 1.00 bits per heavy atom. The van der Waals surface area contributed by atoms with Crippen LogP contribution in [0.3, 0.4) is 0 Å². The van der Waals surface area contributed by atoms with E-state index in [1.807, 2.05) is 41.4 Å². The zero-order chi connectivity index (χ0) is 22.2. The molecule has 31 heavy (non-hydrogen) atoms. The Hall–Kier alpha value is -1.96. The van der Waals surface area contributed by atoms with Crippen molar-refractivity contribution in [1.29, 1.82) is 0 Å². The van der Waals surface area contributed by atoms with Gasteiger partial charge in [-0.15, -0.1) is 11.3 Å². The van der Waals surface area contributed by atoms with Crippen LogP contribution in [-0.4, -0.2) is 35.7 Å². The lowest BCUT2D eigenvalue weighted by Gasteiger charge is -2.20. The van der Waals surface area contributed by atoms with E-state index in [0.717, 1.165) is 34.8 Å². The van der Waals surface area contributed by atoms with Crippen molar-refractivity contribution in [2.24, 2.45) is 5.84 Å². The highest BCUT2D eigenvalue weighted by molar-refractivity contribution is 7.17. The molecule has 2 heterocycles. The van der Waals surface area contributed by atoms with Crippen molar-refractivity contribution >= 4 is 40.5 Å². The van der Waals surface area contributed by atoms with Gasteiger partial charge in [0.05, 0.1) is 17.2 Å². The maximum absolute atomic E-state index is 12.1. The van der Waals surface area contributed by atoms with Gasteiger partial charge in [0.15, 0.2) is 0 Å². The summed E-state index contributed by atoms with van der Waals surface area (Å²) in [6.07, 6.45) is 3.95. The maximum atomic E-state index is 12.1. The van der Waals surface area contributed by atoms with Crippen LogP contribution in [0, 0.1) is 0 Å². The molecule has 4 rings (SSSR count). The molecule has 5 nitrogen and oxygen atoms in total. The number of ether oxygens (including phenoxy) is 1. The number of aromatic nitrogens is 1. The minimum atomic E-state index is -0.419. The van der Waals surface area contributed by atoms with Gasteiger partial charge in [0.1, 0.15) is 0 Å². The second-order valence-electron chi connectivity index (χ2n) is 7.03.